The molecule has 0 saturated carbocycles. The van der Waals surface area contributed by atoms with E-state index in [1.165, 1.54) is 12.3 Å². The van der Waals surface area contributed by atoms with Crippen LogP contribution in [0.3, 0.4) is 0 Å². The van der Waals surface area contributed by atoms with Crippen molar-refractivity contribution in [3.05, 3.63) is 34.9 Å². The maximum Gasteiger partial charge on any atom is 0.351 e. The Bertz CT molecular complexity index is 560. The fourth-order valence-electron chi connectivity index (χ4n) is 2.24. The first kappa shape index (κ1) is 14.7. The number of alkyl halides is 1. The molecule has 0 spiro atoms. The highest BCUT2D eigenvalue weighted by Crippen LogP contribution is 2.38. The maximum atomic E-state index is 14.2. The summed E-state index contributed by atoms with van der Waals surface area (Å²) in [6, 6.07) is 1.40. The van der Waals surface area contributed by atoms with Gasteiger partial charge >= 0.3 is 5.69 Å². The number of anilines is 1. The number of hydrogen-bond acceptors (Lipinski definition) is 5. The minimum Gasteiger partial charge on any atom is -0.393 e. The van der Waals surface area contributed by atoms with Gasteiger partial charge in [0, 0.05) is 12.6 Å². The lowest BCUT2D eigenvalue weighted by atomic mass is 9.99. The highest BCUT2D eigenvalue weighted by atomic mass is 19.1. The molecule has 7 heteroatoms. The Hall–Kier alpha value is -1.73. The van der Waals surface area contributed by atoms with E-state index in [9.17, 15) is 14.3 Å². The van der Waals surface area contributed by atoms with Gasteiger partial charge in [0.25, 0.3) is 0 Å². The van der Waals surface area contributed by atoms with Crippen molar-refractivity contribution in [2.45, 2.75) is 37.8 Å². The van der Waals surface area contributed by atoms with Crippen LogP contribution in [0.5, 0.6) is 0 Å². The standard InChI is InChI=1S/C13H18FN3O3/c1-2-3-5-13(8-18)7-9(14)11(20-13)17-6-4-10(15)16-12(17)19/h3-6,9,11,18H,2,7-8H2,1H3,(H2,15,16,19). The number of aliphatic hydroxyl groups excluding tert-OH is 1. The molecule has 0 aliphatic carbocycles. The van der Waals surface area contributed by atoms with Crippen molar-refractivity contribution in [2.24, 2.45) is 0 Å². The SMILES string of the molecule is CCC=CC1(CO)CC(F)C(n2ccc(N)nc2=O)O1. The zero-order valence-corrected chi connectivity index (χ0v) is 11.2. The number of nitrogen functional groups attached to an aromatic ring is 1. The van der Waals surface area contributed by atoms with Gasteiger partial charge in [0.2, 0.25) is 0 Å². The van der Waals surface area contributed by atoms with E-state index in [0.29, 0.717) is 0 Å². The summed E-state index contributed by atoms with van der Waals surface area (Å²) in [6.45, 7) is 1.58. The van der Waals surface area contributed by atoms with Gasteiger partial charge in [-0.15, -0.1) is 0 Å². The Morgan fingerprint density at radius 3 is 3.10 bits per heavy atom. The Kier molecular flexibility index (Phi) is 4.20. The normalized spacial score (nSPS) is 30.1. The summed E-state index contributed by atoms with van der Waals surface area (Å²) in [5, 5.41) is 9.47. The summed E-state index contributed by atoms with van der Waals surface area (Å²) >= 11 is 0. The molecular weight excluding hydrogens is 265 g/mol. The van der Waals surface area contributed by atoms with Gasteiger partial charge in [-0.2, -0.15) is 4.98 Å². The fraction of sp³-hybridized carbons (Fsp3) is 0.538. The quantitative estimate of drug-likeness (QED) is 0.797. The van der Waals surface area contributed by atoms with Crippen molar-refractivity contribution in [1.29, 1.82) is 0 Å². The van der Waals surface area contributed by atoms with Crippen molar-refractivity contribution in [3.63, 3.8) is 0 Å². The lowest BCUT2D eigenvalue weighted by molar-refractivity contribution is -0.0794. The molecule has 0 radical (unpaired) electrons. The highest BCUT2D eigenvalue weighted by Gasteiger charge is 2.46. The van der Waals surface area contributed by atoms with Gasteiger partial charge in [-0.1, -0.05) is 19.1 Å². The van der Waals surface area contributed by atoms with Crippen molar-refractivity contribution in [1.82, 2.24) is 9.55 Å². The minimum atomic E-state index is -1.41. The molecule has 3 N–H and O–H groups in total. The van der Waals surface area contributed by atoms with Crippen LogP contribution in [0.2, 0.25) is 0 Å². The second-order valence-corrected chi connectivity index (χ2v) is 4.80. The number of nitrogens with two attached hydrogens (primary N) is 1. The number of hydrogen-bond donors (Lipinski definition) is 2. The van der Waals surface area contributed by atoms with Crippen LogP contribution in [0.4, 0.5) is 10.2 Å². The Morgan fingerprint density at radius 1 is 1.75 bits per heavy atom. The van der Waals surface area contributed by atoms with E-state index in [-0.39, 0.29) is 18.8 Å². The molecule has 1 aliphatic rings. The second kappa shape index (κ2) is 5.72. The van der Waals surface area contributed by atoms with Crippen LogP contribution in [-0.4, -0.2) is 33.0 Å². The van der Waals surface area contributed by atoms with Gasteiger partial charge in [-0.3, -0.25) is 4.57 Å². The van der Waals surface area contributed by atoms with Crippen LogP contribution in [0, 0.1) is 0 Å². The van der Waals surface area contributed by atoms with Crippen molar-refractivity contribution in [3.8, 4) is 0 Å². The van der Waals surface area contributed by atoms with Crippen LogP contribution in [-0.2, 0) is 4.74 Å². The summed E-state index contributed by atoms with van der Waals surface area (Å²) in [5.74, 6) is 0.0685. The molecule has 0 bridgehead atoms. The third-order valence-electron chi connectivity index (χ3n) is 3.26. The van der Waals surface area contributed by atoms with E-state index >= 15 is 0 Å². The molecular formula is C13H18FN3O3. The lowest BCUT2D eigenvalue weighted by Gasteiger charge is -2.23. The smallest absolute Gasteiger partial charge is 0.351 e. The van der Waals surface area contributed by atoms with Gasteiger partial charge < -0.3 is 15.6 Å². The Balaban J connectivity index is 2.30. The molecule has 0 amide bonds. The largest absolute Gasteiger partial charge is 0.393 e. The van der Waals surface area contributed by atoms with Gasteiger partial charge in [0.1, 0.15) is 17.6 Å². The van der Waals surface area contributed by atoms with Gasteiger partial charge in [-0.25, -0.2) is 9.18 Å². The molecule has 2 rings (SSSR count). The first-order chi connectivity index (χ1) is 9.51. The number of rotatable bonds is 4. The molecule has 0 aromatic carbocycles. The zero-order chi connectivity index (χ0) is 14.8. The summed E-state index contributed by atoms with van der Waals surface area (Å²) in [4.78, 5) is 15.3. The van der Waals surface area contributed by atoms with Crippen molar-refractivity contribution >= 4 is 5.82 Å². The molecule has 1 aromatic heterocycles. The van der Waals surface area contributed by atoms with E-state index in [2.05, 4.69) is 4.98 Å². The van der Waals surface area contributed by atoms with Crippen LogP contribution in [0.1, 0.15) is 26.0 Å². The summed E-state index contributed by atoms with van der Waals surface area (Å²) < 4.78 is 20.8. The van der Waals surface area contributed by atoms with Gasteiger partial charge in [0.15, 0.2) is 6.23 Å². The molecule has 3 atom stereocenters. The molecule has 2 heterocycles. The maximum absolute atomic E-state index is 14.2. The predicted octanol–water partition coefficient (Wildman–Crippen LogP) is 0.780. The molecule has 1 aromatic rings. The second-order valence-electron chi connectivity index (χ2n) is 4.80. The molecule has 6 nitrogen and oxygen atoms in total. The predicted molar refractivity (Wildman–Crippen MR) is 71.8 cm³/mol. The monoisotopic (exact) mass is 283 g/mol. The lowest BCUT2D eigenvalue weighted by Crippen LogP contribution is -2.33. The van der Waals surface area contributed by atoms with Crippen molar-refractivity contribution in [2.75, 3.05) is 12.3 Å². The van der Waals surface area contributed by atoms with Gasteiger partial charge in [-0.05, 0) is 12.5 Å². The summed E-state index contributed by atoms with van der Waals surface area (Å²) in [5.41, 5.74) is 3.62. The fourth-order valence-corrected chi connectivity index (χ4v) is 2.24. The molecule has 1 saturated heterocycles. The van der Waals surface area contributed by atoms with Crippen LogP contribution >= 0.6 is 0 Å². The molecule has 110 valence electrons. The zero-order valence-electron chi connectivity index (χ0n) is 11.2. The first-order valence-electron chi connectivity index (χ1n) is 6.46. The van der Waals surface area contributed by atoms with E-state index in [0.717, 1.165) is 11.0 Å². The third kappa shape index (κ3) is 2.73. The average molecular weight is 283 g/mol. The first-order valence-corrected chi connectivity index (χ1v) is 6.46. The number of halogens is 1. The summed E-state index contributed by atoms with van der Waals surface area (Å²) in [6.07, 6.45) is 3.01. The Morgan fingerprint density at radius 2 is 2.50 bits per heavy atom. The number of aromatic nitrogens is 2. The summed E-state index contributed by atoms with van der Waals surface area (Å²) in [7, 11) is 0. The van der Waals surface area contributed by atoms with Crippen molar-refractivity contribution < 1.29 is 14.2 Å². The highest BCUT2D eigenvalue weighted by molar-refractivity contribution is 5.23. The van der Waals surface area contributed by atoms with Crippen LogP contribution < -0.4 is 11.4 Å². The van der Waals surface area contributed by atoms with E-state index in [1.807, 2.05) is 6.92 Å². The van der Waals surface area contributed by atoms with Crippen LogP contribution in [0.15, 0.2) is 29.2 Å². The molecule has 1 fully saturated rings. The van der Waals surface area contributed by atoms with E-state index < -0.39 is 23.7 Å². The number of ether oxygens (including phenoxy) is 1. The van der Waals surface area contributed by atoms with E-state index in [4.69, 9.17) is 10.5 Å². The molecule has 3 unspecified atom stereocenters. The minimum absolute atomic E-state index is 0.0124. The number of allylic oxidation sites excluding steroid dienone is 1. The Labute approximate surface area is 115 Å². The van der Waals surface area contributed by atoms with E-state index in [1.54, 1.807) is 12.2 Å². The number of aliphatic hydroxyl groups is 1. The van der Waals surface area contributed by atoms with Gasteiger partial charge in [0.05, 0.1) is 6.61 Å². The molecule has 20 heavy (non-hydrogen) atoms. The number of nitrogens with zero attached hydrogens (tertiary/aromatic N) is 2. The topological polar surface area (TPSA) is 90.4 Å². The third-order valence-corrected chi connectivity index (χ3v) is 3.26. The average Bonchev–Trinajstić information content (AvgIpc) is 2.74. The molecule has 1 aliphatic heterocycles. The van der Waals surface area contributed by atoms with Crippen LogP contribution in [0.25, 0.3) is 0 Å².